The summed E-state index contributed by atoms with van der Waals surface area (Å²) in [6.45, 7) is 6.65. The van der Waals surface area contributed by atoms with E-state index in [-0.39, 0.29) is 17.7 Å². The van der Waals surface area contributed by atoms with Gasteiger partial charge in [0.25, 0.3) is 0 Å². The van der Waals surface area contributed by atoms with Gasteiger partial charge in [-0.3, -0.25) is 18.4 Å². The van der Waals surface area contributed by atoms with Gasteiger partial charge in [-0.25, -0.2) is 23.9 Å². The first kappa shape index (κ1) is 30.5. The zero-order valence-corrected chi connectivity index (χ0v) is 27.7. The van der Waals surface area contributed by atoms with E-state index in [2.05, 4.69) is 16.1 Å². The summed E-state index contributed by atoms with van der Waals surface area (Å²) < 4.78 is 30.3. The molecule has 1 saturated heterocycles. The molecule has 12 nitrogen and oxygen atoms in total. The summed E-state index contributed by atoms with van der Waals surface area (Å²) in [7, 11) is 7.23. The molecule has 1 fully saturated rings. The van der Waals surface area contributed by atoms with Gasteiger partial charge in [0.15, 0.2) is 5.82 Å². The summed E-state index contributed by atoms with van der Waals surface area (Å²) in [4.78, 5) is 37.2. The fourth-order valence-corrected chi connectivity index (χ4v) is 6.70. The summed E-state index contributed by atoms with van der Waals surface area (Å²) in [6.07, 6.45) is 7.92. The molecule has 0 spiro atoms. The van der Waals surface area contributed by atoms with E-state index < -0.39 is 11.4 Å². The highest BCUT2D eigenvalue weighted by Gasteiger charge is 2.30. The molecule has 1 amide bonds. The number of aromatic nitrogens is 8. The highest BCUT2D eigenvalue weighted by molar-refractivity contribution is 5.89. The summed E-state index contributed by atoms with van der Waals surface area (Å²) in [5.74, 6) is 0.257. The van der Waals surface area contributed by atoms with Crippen LogP contribution in [0, 0.1) is 5.82 Å². The smallest absolute Gasteiger partial charge is 0.410 e. The van der Waals surface area contributed by atoms with Crippen molar-refractivity contribution in [3.05, 3.63) is 71.0 Å². The summed E-state index contributed by atoms with van der Waals surface area (Å²) >= 11 is 0. The third-order valence-corrected chi connectivity index (χ3v) is 9.02. The molecular formula is C34H38FN9O3. The second kappa shape index (κ2) is 11.0. The third-order valence-electron chi connectivity index (χ3n) is 9.02. The van der Waals surface area contributed by atoms with E-state index in [1.807, 2.05) is 43.0 Å². The first-order valence-corrected chi connectivity index (χ1v) is 15.7. The van der Waals surface area contributed by atoms with Crippen LogP contribution < -0.4 is 5.69 Å². The summed E-state index contributed by atoms with van der Waals surface area (Å²) in [5.41, 5.74) is 5.62. The lowest BCUT2D eigenvalue weighted by Gasteiger charge is -2.34. The molecule has 0 atom stereocenters. The molecule has 0 bridgehead atoms. The topological polar surface area (TPSA) is 110 Å². The van der Waals surface area contributed by atoms with Gasteiger partial charge < -0.3 is 14.2 Å². The van der Waals surface area contributed by atoms with E-state index in [1.54, 1.807) is 70.8 Å². The Morgan fingerprint density at radius 3 is 2.36 bits per heavy atom. The van der Waals surface area contributed by atoms with Crippen LogP contribution in [-0.2, 0) is 32.9 Å². The maximum Gasteiger partial charge on any atom is 0.410 e. The Kier molecular flexibility index (Phi) is 7.10. The van der Waals surface area contributed by atoms with Crippen LogP contribution in [0.4, 0.5) is 9.18 Å². The number of benzene rings is 2. The number of hydrogen-bond donors (Lipinski definition) is 0. The number of likely N-dealkylation sites (tertiary alicyclic amines) is 1. The standard InChI is InChI=1S/C34H38FN9O3/c1-34(2,3)47-33(46)43-10-8-20(9-11-43)24-12-22(13-28-30(24)42(7)32(45)41(28)6)44-27-15-25(35)23(21-16-37-40(5)18-21)14-26(27)38-31(44)29-17-36-19-39(29)4/h12-20H,8-11H2,1-7H3. The van der Waals surface area contributed by atoms with Crippen LogP contribution in [0.3, 0.4) is 0 Å². The molecule has 0 N–H and O–H groups in total. The van der Waals surface area contributed by atoms with Crippen molar-refractivity contribution >= 4 is 28.2 Å². The van der Waals surface area contributed by atoms with Crippen LogP contribution >= 0.6 is 0 Å². The van der Waals surface area contributed by atoms with Gasteiger partial charge in [0, 0.05) is 64.7 Å². The number of hydrogen-bond acceptors (Lipinski definition) is 6. The number of piperidine rings is 1. The van der Waals surface area contributed by atoms with E-state index in [4.69, 9.17) is 9.72 Å². The maximum absolute atomic E-state index is 15.9. The van der Waals surface area contributed by atoms with Gasteiger partial charge in [-0.2, -0.15) is 5.10 Å². The Morgan fingerprint density at radius 1 is 0.979 bits per heavy atom. The molecule has 1 aliphatic rings. The molecule has 1 aliphatic heterocycles. The van der Waals surface area contributed by atoms with Gasteiger partial charge >= 0.3 is 11.8 Å². The van der Waals surface area contributed by atoms with Gasteiger partial charge in [-0.1, -0.05) is 0 Å². The number of aryl methyl sites for hydroxylation is 4. The van der Waals surface area contributed by atoms with Gasteiger partial charge in [0.05, 0.1) is 46.5 Å². The lowest BCUT2D eigenvalue weighted by Crippen LogP contribution is -2.41. The SMILES string of the molecule is Cn1cc(-c2cc3nc(-c4cncn4C)n(-c4cc(C5CCN(C(=O)OC(C)(C)C)CC5)c5c(c4)n(C)c(=O)n5C)c3cc2F)cn1. The first-order chi connectivity index (χ1) is 22.3. The van der Waals surface area contributed by atoms with Gasteiger partial charge in [-0.05, 0) is 63.3 Å². The van der Waals surface area contributed by atoms with Crippen molar-refractivity contribution in [1.82, 2.24) is 42.9 Å². The molecule has 0 saturated carbocycles. The minimum atomic E-state index is -0.575. The predicted octanol–water partition coefficient (Wildman–Crippen LogP) is 5.27. The number of rotatable bonds is 4. The Hall–Kier alpha value is -5.20. The number of fused-ring (bicyclic) bond motifs is 2. The Labute approximate surface area is 270 Å². The molecule has 5 heterocycles. The molecule has 13 heteroatoms. The number of halogens is 1. The van der Waals surface area contributed by atoms with Crippen LogP contribution in [0.25, 0.3) is 50.4 Å². The lowest BCUT2D eigenvalue weighted by molar-refractivity contribution is 0.0205. The quantitative estimate of drug-likeness (QED) is 0.260. The highest BCUT2D eigenvalue weighted by Crippen LogP contribution is 2.38. The van der Waals surface area contributed by atoms with Gasteiger partial charge in [0.1, 0.15) is 17.1 Å². The molecule has 4 aromatic heterocycles. The monoisotopic (exact) mass is 639 g/mol. The highest BCUT2D eigenvalue weighted by atomic mass is 19.1. The van der Waals surface area contributed by atoms with Crippen molar-refractivity contribution < 1.29 is 13.9 Å². The van der Waals surface area contributed by atoms with Crippen molar-refractivity contribution in [1.29, 1.82) is 0 Å². The Bertz CT molecular complexity index is 2240. The molecular weight excluding hydrogens is 601 g/mol. The van der Waals surface area contributed by atoms with Crippen molar-refractivity contribution in [2.75, 3.05) is 13.1 Å². The molecule has 244 valence electrons. The largest absolute Gasteiger partial charge is 0.444 e. The molecule has 7 rings (SSSR count). The second-order valence-corrected chi connectivity index (χ2v) is 13.4. The minimum absolute atomic E-state index is 0.0630. The number of carbonyl (C=O) groups is 1. The van der Waals surface area contributed by atoms with Crippen molar-refractivity contribution in [2.24, 2.45) is 28.2 Å². The van der Waals surface area contributed by atoms with E-state index in [9.17, 15) is 9.59 Å². The second-order valence-electron chi connectivity index (χ2n) is 13.4. The zero-order valence-electron chi connectivity index (χ0n) is 27.7. The van der Waals surface area contributed by atoms with Crippen LogP contribution in [0.2, 0.25) is 0 Å². The number of ether oxygens (including phenoxy) is 1. The minimum Gasteiger partial charge on any atom is -0.444 e. The summed E-state index contributed by atoms with van der Waals surface area (Å²) in [6, 6.07) is 7.31. The van der Waals surface area contributed by atoms with Crippen LogP contribution in [0.15, 0.2) is 54.0 Å². The number of imidazole rings is 3. The van der Waals surface area contributed by atoms with E-state index >= 15 is 4.39 Å². The molecule has 0 radical (unpaired) electrons. The van der Waals surface area contributed by atoms with Crippen molar-refractivity contribution in [3.63, 3.8) is 0 Å². The molecule has 47 heavy (non-hydrogen) atoms. The van der Waals surface area contributed by atoms with Gasteiger partial charge in [0.2, 0.25) is 0 Å². The number of nitrogens with zero attached hydrogens (tertiary/aromatic N) is 9. The van der Waals surface area contributed by atoms with E-state index in [1.165, 1.54) is 6.07 Å². The molecule has 6 aromatic rings. The van der Waals surface area contributed by atoms with Gasteiger partial charge in [-0.15, -0.1) is 0 Å². The normalized spacial score (nSPS) is 14.5. The summed E-state index contributed by atoms with van der Waals surface area (Å²) in [5, 5.41) is 4.22. The number of amides is 1. The van der Waals surface area contributed by atoms with Crippen LogP contribution in [0.5, 0.6) is 0 Å². The Balaban J connectivity index is 1.41. The molecule has 2 aromatic carbocycles. The van der Waals surface area contributed by atoms with E-state index in [0.717, 1.165) is 28.0 Å². The van der Waals surface area contributed by atoms with Crippen LogP contribution in [0.1, 0.15) is 45.1 Å². The Morgan fingerprint density at radius 2 is 1.72 bits per heavy atom. The van der Waals surface area contributed by atoms with Crippen molar-refractivity contribution in [2.45, 2.75) is 45.1 Å². The van der Waals surface area contributed by atoms with E-state index in [0.29, 0.717) is 53.9 Å². The number of carbonyl (C=O) groups excluding carboxylic acids is 1. The first-order valence-electron chi connectivity index (χ1n) is 15.7. The molecule has 0 unspecified atom stereocenters. The maximum atomic E-state index is 15.9. The lowest BCUT2D eigenvalue weighted by atomic mass is 9.88. The molecule has 0 aliphatic carbocycles. The predicted molar refractivity (Wildman–Crippen MR) is 177 cm³/mol. The third kappa shape index (κ3) is 5.19. The average molecular weight is 640 g/mol. The fraction of sp³-hybridized carbons (Fsp3) is 0.382. The average Bonchev–Trinajstić information content (AvgIpc) is 3.79. The fourth-order valence-electron chi connectivity index (χ4n) is 6.70. The van der Waals surface area contributed by atoms with Crippen molar-refractivity contribution in [3.8, 4) is 28.3 Å². The zero-order chi connectivity index (χ0) is 33.4. The van der Waals surface area contributed by atoms with Crippen LogP contribution in [-0.4, -0.2) is 67.7 Å².